The maximum Gasteiger partial charge on any atom is 0.274 e. The van der Waals surface area contributed by atoms with E-state index in [0.29, 0.717) is 11.1 Å². The lowest BCUT2D eigenvalue weighted by Crippen LogP contribution is -2.40. The zero-order valence-corrected chi connectivity index (χ0v) is 21.3. The summed E-state index contributed by atoms with van der Waals surface area (Å²) in [7, 11) is 0. The van der Waals surface area contributed by atoms with Gasteiger partial charge < -0.3 is 21.3 Å². The van der Waals surface area contributed by atoms with Crippen molar-refractivity contribution in [3.05, 3.63) is 119 Å². The highest BCUT2D eigenvalue weighted by Crippen LogP contribution is 2.37. The number of nitro benzene ring substituents is 1. The Labute approximate surface area is 229 Å². The Bertz CT molecular complexity index is 1930. The molecule has 2 heterocycles. The fourth-order valence-electron chi connectivity index (χ4n) is 4.39. The molecule has 1 aliphatic rings. The Balaban J connectivity index is 1.78. The van der Waals surface area contributed by atoms with Gasteiger partial charge in [-0.15, -0.1) is 11.3 Å². The smallest absolute Gasteiger partial charge is 0.274 e. The second-order valence-electron chi connectivity index (χ2n) is 8.76. The largest absolute Gasteiger partial charge is 0.508 e. The number of hydrogen-bond acceptors (Lipinski definition) is 9. The number of non-ortho nitro benzene ring substituents is 1. The Morgan fingerprint density at radius 1 is 1.10 bits per heavy atom. The molecule has 0 spiro atoms. The third-order valence-electron chi connectivity index (χ3n) is 6.25. The van der Waals surface area contributed by atoms with Crippen LogP contribution < -0.4 is 25.8 Å². The molecular weight excluding hydrogens is 534 g/mol. The molecule has 198 valence electrons. The highest BCUT2D eigenvalue weighted by Gasteiger charge is 2.35. The number of benzene rings is 3. The molecule has 11 nitrogen and oxygen atoms in total. The third kappa shape index (κ3) is 4.68. The van der Waals surface area contributed by atoms with Crippen molar-refractivity contribution < 1.29 is 19.9 Å². The molecule has 0 radical (unpaired) electrons. The number of nitrogens with two attached hydrogens (primary N) is 1. The van der Waals surface area contributed by atoms with E-state index < -0.39 is 22.3 Å². The van der Waals surface area contributed by atoms with E-state index in [4.69, 9.17) is 5.73 Å². The number of nitro groups is 1. The highest BCUT2D eigenvalue weighted by molar-refractivity contribution is 7.07. The van der Waals surface area contributed by atoms with E-state index >= 15 is 0 Å². The van der Waals surface area contributed by atoms with Crippen LogP contribution in [0.5, 0.6) is 11.5 Å². The number of carbonyl (C=O) groups excluding carboxylic acids is 1. The van der Waals surface area contributed by atoms with E-state index in [1.54, 1.807) is 18.2 Å². The number of nitriles is 1. The van der Waals surface area contributed by atoms with Gasteiger partial charge in [-0.3, -0.25) is 24.3 Å². The minimum atomic E-state index is -1.01. The van der Waals surface area contributed by atoms with Crippen LogP contribution in [0.15, 0.2) is 83.2 Å². The number of anilines is 1. The van der Waals surface area contributed by atoms with E-state index in [2.05, 4.69) is 5.32 Å². The van der Waals surface area contributed by atoms with Gasteiger partial charge in [0, 0.05) is 17.8 Å². The Morgan fingerprint density at radius 2 is 1.75 bits per heavy atom. The van der Waals surface area contributed by atoms with Gasteiger partial charge in [-0.25, -0.2) is 0 Å². The molecule has 0 saturated heterocycles. The highest BCUT2D eigenvalue weighted by atomic mass is 32.1. The normalized spacial score (nSPS) is 14.9. The van der Waals surface area contributed by atoms with Gasteiger partial charge in [0.2, 0.25) is 0 Å². The number of hydrogen-bond donors (Lipinski definition) is 4. The third-order valence-corrected chi connectivity index (χ3v) is 7.35. The molecule has 12 heteroatoms. The lowest BCUT2D eigenvalue weighted by atomic mass is 9.83. The molecule has 0 fully saturated rings. The van der Waals surface area contributed by atoms with Crippen molar-refractivity contribution in [1.82, 2.24) is 4.57 Å². The average Bonchev–Trinajstić information content (AvgIpc) is 3.25. The van der Waals surface area contributed by atoms with Crippen molar-refractivity contribution >= 4 is 46.1 Å². The maximum atomic E-state index is 13.9. The molecule has 1 amide bonds. The first kappa shape index (κ1) is 26.0. The molecule has 1 unspecified atom stereocenters. The molecule has 0 bridgehead atoms. The van der Waals surface area contributed by atoms with Gasteiger partial charge >= 0.3 is 0 Å². The monoisotopic (exact) mass is 553 g/mol. The van der Waals surface area contributed by atoms with Crippen molar-refractivity contribution in [3.63, 3.8) is 0 Å². The zero-order chi connectivity index (χ0) is 28.6. The summed E-state index contributed by atoms with van der Waals surface area (Å²) in [6.07, 6.45) is 1.57. The van der Waals surface area contributed by atoms with E-state index in [9.17, 15) is 35.2 Å². The molecular formula is C28H19N5O6S. The van der Waals surface area contributed by atoms with Crippen LogP contribution >= 0.6 is 11.3 Å². The van der Waals surface area contributed by atoms with E-state index in [0.717, 1.165) is 15.9 Å². The van der Waals surface area contributed by atoms with Crippen LogP contribution in [0.4, 0.5) is 11.4 Å². The number of rotatable bonds is 5. The number of amides is 1. The lowest BCUT2D eigenvalue weighted by molar-refractivity contribution is -0.384. The van der Waals surface area contributed by atoms with Gasteiger partial charge in [-0.1, -0.05) is 30.3 Å². The minimum Gasteiger partial charge on any atom is -0.508 e. The molecule has 5 rings (SSSR count). The summed E-state index contributed by atoms with van der Waals surface area (Å²) in [5.41, 5.74) is 6.74. The maximum absolute atomic E-state index is 13.9. The van der Waals surface area contributed by atoms with Crippen LogP contribution in [-0.4, -0.2) is 25.6 Å². The van der Waals surface area contributed by atoms with E-state index in [1.165, 1.54) is 60.7 Å². The first-order chi connectivity index (χ1) is 19.2. The molecule has 5 N–H and O–H groups in total. The molecule has 1 aliphatic heterocycles. The fraction of sp³-hybridized carbons (Fsp3) is 0.0357. The van der Waals surface area contributed by atoms with Gasteiger partial charge in [0.15, 0.2) is 0 Å². The number of nitrogens with zero attached hydrogens (tertiary/aromatic N) is 3. The van der Waals surface area contributed by atoms with Crippen LogP contribution in [0.2, 0.25) is 0 Å². The SMILES string of the molecule is N#CC1=C(N)n2c(s/c(=C\c3ccc(O)cc3)c2=O)=C(C(=O)Nc2cccc([N+](=O)[O-])c2)C1c1ccc(O)cc1. The van der Waals surface area contributed by atoms with Crippen LogP contribution in [0.1, 0.15) is 17.0 Å². The summed E-state index contributed by atoms with van der Waals surface area (Å²) in [5, 5.41) is 43.4. The van der Waals surface area contributed by atoms with Gasteiger partial charge in [0.1, 0.15) is 22.0 Å². The average molecular weight is 554 g/mol. The van der Waals surface area contributed by atoms with Crippen molar-refractivity contribution in [1.29, 1.82) is 5.26 Å². The van der Waals surface area contributed by atoms with Gasteiger partial charge in [-0.05, 0) is 47.5 Å². The predicted octanol–water partition coefficient (Wildman–Crippen LogP) is 2.30. The Kier molecular flexibility index (Phi) is 6.64. The number of aromatic hydroxyl groups is 2. The summed E-state index contributed by atoms with van der Waals surface area (Å²) in [6, 6.07) is 19.4. The molecule has 1 atom stereocenters. The Morgan fingerprint density at radius 3 is 2.38 bits per heavy atom. The minimum absolute atomic E-state index is 0.0235. The summed E-state index contributed by atoms with van der Waals surface area (Å²) in [6.45, 7) is 0. The number of aromatic nitrogens is 1. The first-order valence-corrected chi connectivity index (χ1v) is 12.5. The number of phenolic OH excluding ortho intramolecular Hbond substituents is 2. The van der Waals surface area contributed by atoms with Crippen LogP contribution in [0, 0.1) is 21.4 Å². The summed E-state index contributed by atoms with van der Waals surface area (Å²) in [4.78, 5) is 38.0. The van der Waals surface area contributed by atoms with E-state index in [1.807, 2.05) is 6.07 Å². The number of thiazole rings is 1. The zero-order valence-electron chi connectivity index (χ0n) is 20.4. The molecule has 4 aromatic rings. The molecule has 1 aromatic heterocycles. The lowest BCUT2D eigenvalue weighted by Gasteiger charge is -2.25. The van der Waals surface area contributed by atoms with Crippen molar-refractivity contribution in [2.24, 2.45) is 5.73 Å². The fourth-order valence-corrected chi connectivity index (χ4v) is 5.56. The first-order valence-electron chi connectivity index (χ1n) is 11.7. The molecule has 3 aromatic carbocycles. The predicted molar refractivity (Wildman–Crippen MR) is 149 cm³/mol. The Hall–Kier alpha value is -5.67. The number of nitrogens with one attached hydrogen (secondary N) is 1. The van der Waals surface area contributed by atoms with Gasteiger partial charge in [0.25, 0.3) is 17.2 Å². The van der Waals surface area contributed by atoms with Crippen molar-refractivity contribution in [2.45, 2.75) is 5.92 Å². The van der Waals surface area contributed by atoms with Gasteiger partial charge in [0.05, 0.1) is 32.6 Å². The van der Waals surface area contributed by atoms with Crippen molar-refractivity contribution in [2.75, 3.05) is 5.32 Å². The number of carbonyl (C=O) groups is 1. The summed E-state index contributed by atoms with van der Waals surface area (Å²) in [5.74, 6) is -1.84. The summed E-state index contributed by atoms with van der Waals surface area (Å²) >= 11 is 0.987. The van der Waals surface area contributed by atoms with Crippen molar-refractivity contribution in [3.8, 4) is 17.6 Å². The van der Waals surface area contributed by atoms with Crippen LogP contribution in [0.25, 0.3) is 17.5 Å². The standard InChI is InChI=1S/C28H19N5O6S/c29-14-21-23(16-6-10-20(35)11-7-16)24(26(36)31-17-2-1-3-18(13-17)33(38)39)28-32(25(21)30)27(37)22(40-28)12-15-4-8-19(34)9-5-15/h1-13,23,34-35H,30H2,(H,31,36)/b22-12-. The van der Waals surface area contributed by atoms with Crippen LogP contribution in [0.3, 0.4) is 0 Å². The second kappa shape index (κ2) is 10.2. The van der Waals surface area contributed by atoms with E-state index in [-0.39, 0.29) is 49.0 Å². The topological polar surface area (TPSA) is 185 Å². The number of allylic oxidation sites excluding steroid dienone is 1. The molecule has 0 aliphatic carbocycles. The molecule has 0 saturated carbocycles. The second-order valence-corrected chi connectivity index (χ2v) is 9.79. The van der Waals surface area contributed by atoms with Crippen LogP contribution in [-0.2, 0) is 4.79 Å². The number of fused-ring (bicyclic) bond motifs is 1. The quantitative estimate of drug-likeness (QED) is 0.214. The molecule has 40 heavy (non-hydrogen) atoms. The summed E-state index contributed by atoms with van der Waals surface area (Å²) < 4.78 is 1.50. The van der Waals surface area contributed by atoms with Gasteiger partial charge in [-0.2, -0.15) is 5.26 Å². The number of phenols is 2.